The molecule has 0 N–H and O–H groups in total. The maximum absolute atomic E-state index is 13.8. The number of halogens is 1. The van der Waals surface area contributed by atoms with E-state index in [0.29, 0.717) is 38.3 Å². The van der Waals surface area contributed by atoms with Gasteiger partial charge in [-0.25, -0.2) is 9.97 Å². The summed E-state index contributed by atoms with van der Waals surface area (Å²) in [5.74, 6) is 2.12. The first-order valence-electron chi connectivity index (χ1n) is 13.5. The fraction of sp³-hybridized carbons (Fsp3) is 0.188. The lowest BCUT2D eigenvalue weighted by molar-refractivity contribution is -0.385. The van der Waals surface area contributed by atoms with Crippen molar-refractivity contribution in [3.63, 3.8) is 0 Å². The lowest BCUT2D eigenvalue weighted by Gasteiger charge is -2.17. The Morgan fingerprint density at radius 2 is 1.80 bits per heavy atom. The monoisotopic (exact) mass is 657 g/mol. The molecule has 0 aliphatic carbocycles. The number of benzene rings is 3. The second kappa shape index (κ2) is 12.6. The molecule has 11 nitrogen and oxygen atoms in total. The molecule has 0 saturated heterocycles. The molecule has 224 valence electrons. The van der Waals surface area contributed by atoms with Gasteiger partial charge in [-0.2, -0.15) is 9.78 Å². The standard InChI is InChI=1S/C32H28BrN5O6/c1-18(2)23-15-24(19(3)12-27(23)42-4)31-36-26-9-7-6-8-22(26)32(39)37(31)35-16-20-13-25(33)30(28(14-20)43-5)44-29-11-10-21(17-34-29)38(40)41/h6-18H,1-5H3. The molecule has 0 aliphatic rings. The Balaban J connectivity index is 1.60. The van der Waals surface area contributed by atoms with Gasteiger partial charge in [0.1, 0.15) is 11.9 Å². The van der Waals surface area contributed by atoms with Crippen molar-refractivity contribution in [2.24, 2.45) is 5.10 Å². The van der Waals surface area contributed by atoms with E-state index in [1.165, 1.54) is 30.1 Å². The van der Waals surface area contributed by atoms with Crippen LogP contribution in [-0.4, -0.2) is 40.0 Å². The number of methoxy groups -OCH3 is 2. The molecule has 44 heavy (non-hydrogen) atoms. The van der Waals surface area contributed by atoms with E-state index in [1.54, 1.807) is 37.4 Å². The molecule has 0 spiro atoms. The first-order valence-corrected chi connectivity index (χ1v) is 14.3. The Labute approximate surface area is 261 Å². The minimum absolute atomic E-state index is 0.144. The Hall–Kier alpha value is -5.10. The van der Waals surface area contributed by atoms with Gasteiger partial charge in [-0.3, -0.25) is 14.9 Å². The third kappa shape index (κ3) is 6.02. The zero-order valence-corrected chi connectivity index (χ0v) is 26.2. The van der Waals surface area contributed by atoms with E-state index < -0.39 is 4.92 Å². The largest absolute Gasteiger partial charge is 0.496 e. The number of nitrogens with zero attached hydrogens (tertiary/aromatic N) is 5. The highest BCUT2D eigenvalue weighted by Gasteiger charge is 2.19. The Bertz CT molecular complexity index is 1970. The fourth-order valence-electron chi connectivity index (χ4n) is 4.66. The summed E-state index contributed by atoms with van der Waals surface area (Å²) in [7, 11) is 3.12. The molecule has 0 aliphatic heterocycles. The van der Waals surface area contributed by atoms with Crippen molar-refractivity contribution in [3.05, 3.63) is 108 Å². The number of ether oxygens (including phenoxy) is 3. The summed E-state index contributed by atoms with van der Waals surface area (Å²) < 4.78 is 18.9. The first kappa shape index (κ1) is 30.4. The van der Waals surface area contributed by atoms with Crippen LogP contribution in [0.3, 0.4) is 0 Å². The molecule has 2 heterocycles. The minimum atomic E-state index is -0.539. The van der Waals surface area contributed by atoms with Crippen LogP contribution >= 0.6 is 15.9 Å². The van der Waals surface area contributed by atoms with Crippen LogP contribution in [0.1, 0.15) is 36.5 Å². The van der Waals surface area contributed by atoms with E-state index in [-0.39, 0.29) is 23.0 Å². The topological polar surface area (TPSA) is 131 Å². The summed E-state index contributed by atoms with van der Waals surface area (Å²) in [5, 5.41) is 16.0. The molecular weight excluding hydrogens is 630 g/mol. The second-order valence-corrected chi connectivity index (χ2v) is 11.0. The molecule has 0 saturated carbocycles. The molecule has 3 aromatic carbocycles. The van der Waals surface area contributed by atoms with Crippen LogP contribution in [0.2, 0.25) is 0 Å². The maximum atomic E-state index is 13.8. The fourth-order valence-corrected chi connectivity index (χ4v) is 5.20. The smallest absolute Gasteiger partial charge is 0.287 e. The van der Waals surface area contributed by atoms with Gasteiger partial charge in [0.25, 0.3) is 11.2 Å². The van der Waals surface area contributed by atoms with Gasteiger partial charge >= 0.3 is 0 Å². The van der Waals surface area contributed by atoms with Gasteiger partial charge in [-0.05, 0) is 81.9 Å². The predicted octanol–water partition coefficient (Wildman–Crippen LogP) is 7.25. The van der Waals surface area contributed by atoms with Gasteiger partial charge in [0.15, 0.2) is 17.3 Å². The maximum Gasteiger partial charge on any atom is 0.287 e. The lowest BCUT2D eigenvalue weighted by atomic mass is 9.96. The molecule has 0 atom stereocenters. The lowest BCUT2D eigenvalue weighted by Crippen LogP contribution is -2.20. The van der Waals surface area contributed by atoms with Crippen molar-refractivity contribution >= 4 is 38.7 Å². The summed E-state index contributed by atoms with van der Waals surface area (Å²) in [4.78, 5) is 33.1. The number of nitro groups is 1. The first-order chi connectivity index (χ1) is 21.1. The van der Waals surface area contributed by atoms with Crippen LogP contribution in [0.5, 0.6) is 23.1 Å². The second-order valence-electron chi connectivity index (χ2n) is 10.1. The number of hydrogen-bond donors (Lipinski definition) is 0. The van der Waals surface area contributed by atoms with Crippen molar-refractivity contribution in [2.75, 3.05) is 14.2 Å². The van der Waals surface area contributed by atoms with E-state index in [1.807, 2.05) is 25.1 Å². The van der Waals surface area contributed by atoms with Crippen LogP contribution in [0.4, 0.5) is 5.69 Å². The van der Waals surface area contributed by atoms with Crippen molar-refractivity contribution in [1.29, 1.82) is 0 Å². The molecule has 5 rings (SSSR count). The average molecular weight is 659 g/mol. The summed E-state index contributed by atoms with van der Waals surface area (Å²) in [6, 6.07) is 17.2. The number of aryl methyl sites for hydroxylation is 1. The van der Waals surface area contributed by atoms with Crippen LogP contribution in [0.25, 0.3) is 22.3 Å². The van der Waals surface area contributed by atoms with E-state index in [9.17, 15) is 14.9 Å². The van der Waals surface area contributed by atoms with Gasteiger partial charge in [0, 0.05) is 17.7 Å². The van der Waals surface area contributed by atoms with Crippen molar-refractivity contribution < 1.29 is 19.1 Å². The van der Waals surface area contributed by atoms with Gasteiger partial charge < -0.3 is 14.2 Å². The zero-order valence-electron chi connectivity index (χ0n) is 24.6. The quantitative estimate of drug-likeness (QED) is 0.0920. The molecular formula is C32H28BrN5O6. The Kier molecular flexibility index (Phi) is 8.72. The number of fused-ring (bicyclic) bond motifs is 1. The third-order valence-electron chi connectivity index (χ3n) is 6.91. The summed E-state index contributed by atoms with van der Waals surface area (Å²) in [5.41, 5.74) is 3.30. The predicted molar refractivity (Wildman–Crippen MR) is 171 cm³/mol. The molecule has 0 fully saturated rings. The van der Waals surface area contributed by atoms with E-state index >= 15 is 0 Å². The van der Waals surface area contributed by atoms with Crippen LogP contribution in [0.15, 0.2) is 81.2 Å². The average Bonchev–Trinajstić information content (AvgIpc) is 3.01. The van der Waals surface area contributed by atoms with Gasteiger partial charge in [-0.1, -0.05) is 26.0 Å². The van der Waals surface area contributed by atoms with Crippen molar-refractivity contribution in [1.82, 2.24) is 14.6 Å². The van der Waals surface area contributed by atoms with E-state index in [4.69, 9.17) is 19.2 Å². The van der Waals surface area contributed by atoms with E-state index in [0.717, 1.165) is 28.6 Å². The number of hydrogen-bond acceptors (Lipinski definition) is 9. The van der Waals surface area contributed by atoms with Crippen LogP contribution < -0.4 is 19.8 Å². The van der Waals surface area contributed by atoms with E-state index in [2.05, 4.69) is 39.9 Å². The van der Waals surface area contributed by atoms with Gasteiger partial charge in [0.2, 0.25) is 5.88 Å². The van der Waals surface area contributed by atoms with Crippen LogP contribution in [-0.2, 0) is 0 Å². The molecule has 12 heteroatoms. The number of pyridine rings is 1. The van der Waals surface area contributed by atoms with Crippen molar-refractivity contribution in [2.45, 2.75) is 26.7 Å². The molecule has 5 aromatic rings. The van der Waals surface area contributed by atoms with Gasteiger partial charge in [-0.15, -0.1) is 0 Å². The molecule has 0 unspecified atom stereocenters. The summed E-state index contributed by atoms with van der Waals surface area (Å²) in [6.07, 6.45) is 2.64. The third-order valence-corrected chi connectivity index (χ3v) is 7.49. The number of rotatable bonds is 9. The van der Waals surface area contributed by atoms with Crippen molar-refractivity contribution in [3.8, 4) is 34.5 Å². The van der Waals surface area contributed by atoms with Crippen LogP contribution in [0, 0.1) is 17.0 Å². The molecule has 0 bridgehead atoms. The molecule has 0 amide bonds. The number of aromatic nitrogens is 3. The number of para-hydroxylation sites is 1. The Morgan fingerprint density at radius 3 is 2.45 bits per heavy atom. The normalized spacial score (nSPS) is 11.3. The molecule has 0 radical (unpaired) electrons. The zero-order chi connectivity index (χ0) is 31.5. The van der Waals surface area contributed by atoms with Gasteiger partial charge in [0.05, 0.1) is 40.7 Å². The Morgan fingerprint density at radius 1 is 1.05 bits per heavy atom. The SMILES string of the molecule is COc1cc(C)c(-c2nc3ccccc3c(=O)n2N=Cc2cc(Br)c(Oc3ccc([N+](=O)[O-])cn3)c(OC)c2)cc1C(C)C. The highest BCUT2D eigenvalue weighted by atomic mass is 79.9. The molecule has 2 aromatic heterocycles. The highest BCUT2D eigenvalue weighted by Crippen LogP contribution is 2.39. The minimum Gasteiger partial charge on any atom is -0.496 e. The highest BCUT2D eigenvalue weighted by molar-refractivity contribution is 9.10. The summed E-state index contributed by atoms with van der Waals surface area (Å²) >= 11 is 3.51. The summed E-state index contributed by atoms with van der Waals surface area (Å²) in [6.45, 7) is 6.09.